The third kappa shape index (κ3) is 7.46. The Balaban J connectivity index is 0.00000364. The number of nitrogens with one attached hydrogen (secondary N) is 3. The van der Waals surface area contributed by atoms with Gasteiger partial charge >= 0.3 is 0 Å². The third-order valence-electron chi connectivity index (χ3n) is 3.81. The number of rotatable bonds is 7. The molecular formula is C20H27IN4O2. The van der Waals surface area contributed by atoms with E-state index in [-0.39, 0.29) is 47.2 Å². The van der Waals surface area contributed by atoms with E-state index in [1.165, 1.54) is 11.6 Å². The molecule has 0 radical (unpaired) electrons. The van der Waals surface area contributed by atoms with Crippen LogP contribution in [0.25, 0.3) is 0 Å². The summed E-state index contributed by atoms with van der Waals surface area (Å²) in [5.74, 6) is 0.356. The van der Waals surface area contributed by atoms with Crippen LogP contribution < -0.4 is 16.0 Å². The van der Waals surface area contributed by atoms with Crippen molar-refractivity contribution in [2.24, 2.45) is 4.99 Å². The predicted octanol–water partition coefficient (Wildman–Crippen LogP) is 3.06. The van der Waals surface area contributed by atoms with Crippen molar-refractivity contribution in [2.75, 3.05) is 19.6 Å². The van der Waals surface area contributed by atoms with Crippen LogP contribution in [0.5, 0.6) is 5.75 Å². The molecule has 6 nitrogen and oxygen atoms in total. The summed E-state index contributed by atoms with van der Waals surface area (Å²) in [6.45, 7) is 5.63. The summed E-state index contributed by atoms with van der Waals surface area (Å²) in [7, 11) is 0. The number of aromatic hydroxyl groups is 1. The Morgan fingerprint density at radius 3 is 2.41 bits per heavy atom. The van der Waals surface area contributed by atoms with E-state index < -0.39 is 0 Å². The highest BCUT2D eigenvalue weighted by Gasteiger charge is 2.09. The molecule has 0 saturated heterocycles. The second-order valence-corrected chi connectivity index (χ2v) is 5.81. The number of phenols is 1. The summed E-state index contributed by atoms with van der Waals surface area (Å²) in [6.07, 6.45) is 0. The maximum atomic E-state index is 12.0. The molecule has 146 valence electrons. The van der Waals surface area contributed by atoms with Crippen LogP contribution in [-0.4, -0.2) is 36.6 Å². The maximum Gasteiger partial charge on any atom is 0.255 e. The topological polar surface area (TPSA) is 85.8 Å². The van der Waals surface area contributed by atoms with Gasteiger partial charge in [0.15, 0.2) is 5.96 Å². The number of hydrogen-bond donors (Lipinski definition) is 4. The van der Waals surface area contributed by atoms with Crippen molar-refractivity contribution in [3.8, 4) is 5.75 Å². The van der Waals surface area contributed by atoms with Crippen molar-refractivity contribution in [3.63, 3.8) is 0 Å². The molecule has 2 aromatic carbocycles. The van der Waals surface area contributed by atoms with Crippen LogP contribution >= 0.6 is 24.0 Å². The SMILES string of the molecule is CCNC(=NCCNC(=O)c1ccccc1O)NC(C)c1ccccc1.I. The fraction of sp³-hybridized carbons (Fsp3) is 0.300. The lowest BCUT2D eigenvalue weighted by atomic mass is 10.1. The zero-order chi connectivity index (χ0) is 18.8. The van der Waals surface area contributed by atoms with Crippen molar-refractivity contribution < 1.29 is 9.90 Å². The first-order valence-corrected chi connectivity index (χ1v) is 8.77. The zero-order valence-electron chi connectivity index (χ0n) is 15.6. The largest absolute Gasteiger partial charge is 0.507 e. The predicted molar refractivity (Wildman–Crippen MR) is 120 cm³/mol. The number of benzene rings is 2. The van der Waals surface area contributed by atoms with Gasteiger partial charge in [-0.05, 0) is 31.5 Å². The Hall–Kier alpha value is -2.29. The lowest BCUT2D eigenvalue weighted by Crippen LogP contribution is -2.39. The van der Waals surface area contributed by atoms with Gasteiger partial charge < -0.3 is 21.1 Å². The van der Waals surface area contributed by atoms with Crippen molar-refractivity contribution >= 4 is 35.8 Å². The first kappa shape index (κ1) is 22.8. The van der Waals surface area contributed by atoms with Gasteiger partial charge in [-0.25, -0.2) is 0 Å². The molecule has 0 fully saturated rings. The maximum absolute atomic E-state index is 12.0. The number of guanidine groups is 1. The first-order chi connectivity index (χ1) is 12.6. The van der Waals surface area contributed by atoms with E-state index in [0.29, 0.717) is 19.0 Å². The van der Waals surface area contributed by atoms with E-state index in [1.54, 1.807) is 18.2 Å². The van der Waals surface area contributed by atoms with Gasteiger partial charge in [0, 0.05) is 13.1 Å². The number of carbonyl (C=O) groups is 1. The summed E-state index contributed by atoms with van der Waals surface area (Å²) in [5.41, 5.74) is 1.44. The summed E-state index contributed by atoms with van der Waals surface area (Å²) >= 11 is 0. The van der Waals surface area contributed by atoms with Crippen molar-refractivity contribution in [1.82, 2.24) is 16.0 Å². The Morgan fingerprint density at radius 2 is 1.74 bits per heavy atom. The monoisotopic (exact) mass is 482 g/mol. The summed E-state index contributed by atoms with van der Waals surface area (Å²) < 4.78 is 0. The van der Waals surface area contributed by atoms with Gasteiger partial charge in [0.2, 0.25) is 0 Å². The number of carbonyl (C=O) groups excluding carboxylic acids is 1. The fourth-order valence-electron chi connectivity index (χ4n) is 2.45. The number of halogens is 1. The molecular weight excluding hydrogens is 455 g/mol. The van der Waals surface area contributed by atoms with Crippen LogP contribution in [0.1, 0.15) is 35.8 Å². The van der Waals surface area contributed by atoms with Crippen LogP contribution in [0.2, 0.25) is 0 Å². The molecule has 27 heavy (non-hydrogen) atoms. The highest BCUT2D eigenvalue weighted by molar-refractivity contribution is 14.0. The Labute approximate surface area is 177 Å². The highest BCUT2D eigenvalue weighted by atomic mass is 127. The van der Waals surface area contributed by atoms with E-state index in [4.69, 9.17) is 0 Å². The Morgan fingerprint density at radius 1 is 1.07 bits per heavy atom. The smallest absolute Gasteiger partial charge is 0.255 e. The van der Waals surface area contributed by atoms with Crippen LogP contribution in [0.15, 0.2) is 59.6 Å². The Bertz CT molecular complexity index is 738. The molecule has 0 heterocycles. The molecule has 1 amide bonds. The quantitative estimate of drug-likeness (QED) is 0.212. The standard InChI is InChI=1S/C20H26N4O2.HI/c1-3-21-20(24-15(2)16-9-5-4-6-10-16)23-14-13-22-19(26)17-11-7-8-12-18(17)25;/h4-12,15,25H,3,13-14H2,1-2H3,(H,22,26)(H2,21,23,24);1H. The van der Waals surface area contributed by atoms with Crippen molar-refractivity contribution in [1.29, 1.82) is 0 Å². The van der Waals surface area contributed by atoms with Crippen LogP contribution in [0, 0.1) is 0 Å². The molecule has 1 atom stereocenters. The molecule has 4 N–H and O–H groups in total. The zero-order valence-corrected chi connectivity index (χ0v) is 17.9. The minimum atomic E-state index is -0.311. The number of hydrogen-bond acceptors (Lipinski definition) is 3. The van der Waals surface area contributed by atoms with E-state index >= 15 is 0 Å². The van der Waals surface area contributed by atoms with Crippen LogP contribution in [0.4, 0.5) is 0 Å². The number of phenolic OH excluding ortho intramolecular Hbond substituents is 1. The van der Waals surface area contributed by atoms with Crippen molar-refractivity contribution in [3.05, 3.63) is 65.7 Å². The molecule has 7 heteroatoms. The van der Waals surface area contributed by atoms with Gasteiger partial charge in [0.25, 0.3) is 5.91 Å². The summed E-state index contributed by atoms with van der Waals surface area (Å²) in [4.78, 5) is 16.5. The highest BCUT2D eigenvalue weighted by Crippen LogP contribution is 2.14. The van der Waals surface area contributed by atoms with E-state index in [0.717, 1.165) is 6.54 Å². The van der Waals surface area contributed by atoms with E-state index in [9.17, 15) is 9.90 Å². The Kier molecular flexibility index (Phi) is 10.2. The normalized spacial score (nSPS) is 11.9. The van der Waals surface area contributed by atoms with Crippen LogP contribution in [0.3, 0.4) is 0 Å². The molecule has 0 bridgehead atoms. The van der Waals surface area contributed by atoms with Crippen molar-refractivity contribution in [2.45, 2.75) is 19.9 Å². The van der Waals surface area contributed by atoms with E-state index in [1.807, 2.05) is 25.1 Å². The number of para-hydroxylation sites is 1. The minimum absolute atomic E-state index is 0. The third-order valence-corrected chi connectivity index (χ3v) is 3.81. The number of nitrogens with zero attached hydrogens (tertiary/aromatic N) is 1. The average molecular weight is 482 g/mol. The first-order valence-electron chi connectivity index (χ1n) is 8.77. The number of amides is 1. The van der Waals surface area contributed by atoms with Gasteiger partial charge in [-0.15, -0.1) is 24.0 Å². The summed E-state index contributed by atoms with van der Waals surface area (Å²) in [5, 5.41) is 19.0. The van der Waals surface area contributed by atoms with Gasteiger partial charge in [-0.2, -0.15) is 0 Å². The minimum Gasteiger partial charge on any atom is -0.507 e. The lowest BCUT2D eigenvalue weighted by Gasteiger charge is -2.18. The molecule has 2 aromatic rings. The molecule has 0 spiro atoms. The van der Waals surface area contributed by atoms with Crippen LogP contribution in [-0.2, 0) is 0 Å². The molecule has 0 aliphatic rings. The molecule has 0 aliphatic carbocycles. The number of aliphatic imine (C=N–C) groups is 1. The second-order valence-electron chi connectivity index (χ2n) is 5.81. The summed E-state index contributed by atoms with van der Waals surface area (Å²) in [6, 6.07) is 16.7. The molecule has 0 saturated carbocycles. The van der Waals surface area contributed by atoms with E-state index in [2.05, 4.69) is 40.0 Å². The molecule has 0 aliphatic heterocycles. The molecule has 0 aromatic heterocycles. The molecule has 2 rings (SSSR count). The average Bonchev–Trinajstić information content (AvgIpc) is 2.66. The van der Waals surface area contributed by atoms with Gasteiger partial charge in [0.05, 0.1) is 18.2 Å². The van der Waals surface area contributed by atoms with Gasteiger partial charge in [-0.1, -0.05) is 42.5 Å². The van der Waals surface area contributed by atoms with Gasteiger partial charge in [-0.3, -0.25) is 9.79 Å². The van der Waals surface area contributed by atoms with Gasteiger partial charge in [0.1, 0.15) is 5.75 Å². The lowest BCUT2D eigenvalue weighted by molar-refractivity contribution is 0.0952. The molecule has 1 unspecified atom stereocenters. The second kappa shape index (κ2) is 12.2. The fourth-order valence-corrected chi connectivity index (χ4v) is 2.45.